The zero-order chi connectivity index (χ0) is 15.2. The highest BCUT2D eigenvalue weighted by Crippen LogP contribution is 2.10. The lowest BCUT2D eigenvalue weighted by atomic mass is 10.2. The molecule has 0 atom stereocenters. The normalized spacial score (nSPS) is 10.8. The molecule has 2 aromatic rings. The average Bonchev–Trinajstić information content (AvgIpc) is 3.08. The molecule has 0 aromatic carbocycles. The number of methoxy groups -OCH3 is 1. The van der Waals surface area contributed by atoms with Gasteiger partial charge in [0, 0.05) is 13.0 Å². The molecule has 0 aliphatic carbocycles. The van der Waals surface area contributed by atoms with Crippen LogP contribution in [-0.2, 0) is 24.2 Å². The molecule has 0 spiro atoms. The van der Waals surface area contributed by atoms with Crippen molar-refractivity contribution in [2.75, 3.05) is 13.7 Å². The molecule has 0 radical (unpaired) electrons. The van der Waals surface area contributed by atoms with Gasteiger partial charge in [0.15, 0.2) is 5.69 Å². The van der Waals surface area contributed by atoms with E-state index in [0.717, 1.165) is 18.8 Å². The van der Waals surface area contributed by atoms with Crippen molar-refractivity contribution < 1.29 is 9.53 Å². The monoisotopic (exact) mass is 293 g/mol. The van der Waals surface area contributed by atoms with Gasteiger partial charge >= 0.3 is 5.97 Å². The molecule has 0 saturated carbocycles. The summed E-state index contributed by atoms with van der Waals surface area (Å²) in [4.78, 5) is 15.9. The van der Waals surface area contributed by atoms with Crippen molar-refractivity contribution in [3.8, 4) is 0 Å². The van der Waals surface area contributed by atoms with Crippen molar-refractivity contribution in [2.24, 2.45) is 5.73 Å². The van der Waals surface area contributed by atoms with Gasteiger partial charge in [0.05, 0.1) is 12.8 Å². The predicted molar refractivity (Wildman–Crippen MR) is 73.5 cm³/mol. The molecule has 2 N–H and O–H groups in total. The van der Waals surface area contributed by atoms with Gasteiger partial charge in [-0.3, -0.25) is 0 Å². The second kappa shape index (κ2) is 6.93. The summed E-state index contributed by atoms with van der Waals surface area (Å²) < 4.78 is 8.14. The van der Waals surface area contributed by atoms with Crippen LogP contribution in [0.4, 0.5) is 0 Å². The summed E-state index contributed by atoms with van der Waals surface area (Å²) in [6.45, 7) is 3.62. The fourth-order valence-corrected chi connectivity index (χ4v) is 2.04. The van der Waals surface area contributed by atoms with Crippen molar-refractivity contribution in [2.45, 2.75) is 32.9 Å². The molecule has 2 aromatic heterocycles. The molecule has 2 rings (SSSR count). The van der Waals surface area contributed by atoms with Crippen LogP contribution >= 0.6 is 0 Å². The lowest BCUT2D eigenvalue weighted by molar-refractivity contribution is 0.0592. The maximum absolute atomic E-state index is 11.7. The van der Waals surface area contributed by atoms with E-state index in [4.69, 9.17) is 10.5 Å². The summed E-state index contributed by atoms with van der Waals surface area (Å²) in [6, 6.07) is 0. The minimum Gasteiger partial charge on any atom is -0.464 e. The van der Waals surface area contributed by atoms with Crippen LogP contribution in [0.5, 0.6) is 0 Å². The third-order valence-electron chi connectivity index (χ3n) is 3.02. The van der Waals surface area contributed by atoms with Gasteiger partial charge in [-0.2, -0.15) is 5.10 Å². The minimum absolute atomic E-state index is 0.199. The Bertz CT molecular complexity index is 605. The SMILES string of the molecule is CCCn1ncnc1Cn1nnc(C(=O)OC)c1CCN. The first-order valence-electron chi connectivity index (χ1n) is 6.78. The van der Waals surface area contributed by atoms with Gasteiger partial charge in [0.25, 0.3) is 0 Å². The fourth-order valence-electron chi connectivity index (χ4n) is 2.04. The average molecular weight is 293 g/mol. The van der Waals surface area contributed by atoms with E-state index in [0.29, 0.717) is 25.2 Å². The summed E-state index contributed by atoms with van der Waals surface area (Å²) >= 11 is 0. The second-order valence-electron chi connectivity index (χ2n) is 4.47. The van der Waals surface area contributed by atoms with Gasteiger partial charge in [-0.25, -0.2) is 19.1 Å². The van der Waals surface area contributed by atoms with Crippen molar-refractivity contribution in [1.82, 2.24) is 29.8 Å². The first kappa shape index (κ1) is 15.1. The van der Waals surface area contributed by atoms with Gasteiger partial charge in [-0.05, 0) is 13.0 Å². The quantitative estimate of drug-likeness (QED) is 0.692. The minimum atomic E-state index is -0.514. The molecule has 9 nitrogen and oxygen atoms in total. The largest absolute Gasteiger partial charge is 0.464 e. The van der Waals surface area contributed by atoms with Crippen LogP contribution in [0, 0.1) is 0 Å². The maximum Gasteiger partial charge on any atom is 0.360 e. The number of aryl methyl sites for hydroxylation is 1. The van der Waals surface area contributed by atoms with E-state index in [-0.39, 0.29) is 5.69 Å². The number of nitrogens with two attached hydrogens (primary N) is 1. The van der Waals surface area contributed by atoms with Gasteiger partial charge in [-0.1, -0.05) is 12.1 Å². The molecule has 0 fully saturated rings. The van der Waals surface area contributed by atoms with E-state index in [1.165, 1.54) is 13.4 Å². The number of rotatable bonds is 7. The van der Waals surface area contributed by atoms with E-state index in [9.17, 15) is 4.79 Å². The third-order valence-corrected chi connectivity index (χ3v) is 3.02. The van der Waals surface area contributed by atoms with Gasteiger partial charge in [0.1, 0.15) is 18.7 Å². The summed E-state index contributed by atoms with van der Waals surface area (Å²) in [5.41, 5.74) is 6.44. The zero-order valence-corrected chi connectivity index (χ0v) is 12.2. The Balaban J connectivity index is 2.29. The molecular formula is C12H19N7O2. The highest BCUT2D eigenvalue weighted by Gasteiger charge is 2.20. The highest BCUT2D eigenvalue weighted by molar-refractivity contribution is 5.88. The predicted octanol–water partition coefficient (Wildman–Crippen LogP) is -0.384. The van der Waals surface area contributed by atoms with Crippen LogP contribution in [0.2, 0.25) is 0 Å². The van der Waals surface area contributed by atoms with Crippen LogP contribution in [0.1, 0.15) is 35.4 Å². The standard InChI is InChI=1S/C12H19N7O2/c1-3-6-18-10(14-8-15-18)7-19-9(4-5-13)11(16-17-19)12(20)21-2/h8H,3-7,13H2,1-2H3. The molecule has 2 heterocycles. The molecule has 0 saturated heterocycles. The van der Waals surface area contributed by atoms with Gasteiger partial charge in [-0.15, -0.1) is 5.10 Å². The van der Waals surface area contributed by atoms with Crippen LogP contribution in [0.3, 0.4) is 0 Å². The van der Waals surface area contributed by atoms with Gasteiger partial charge < -0.3 is 10.5 Å². The molecule has 21 heavy (non-hydrogen) atoms. The van der Waals surface area contributed by atoms with Crippen LogP contribution in [0.25, 0.3) is 0 Å². The number of hydrogen-bond donors (Lipinski definition) is 1. The summed E-state index contributed by atoms with van der Waals surface area (Å²) in [5, 5.41) is 12.1. The lowest BCUT2D eigenvalue weighted by Crippen LogP contribution is -2.17. The van der Waals surface area contributed by atoms with Crippen LogP contribution < -0.4 is 5.73 Å². The number of esters is 1. The first-order chi connectivity index (χ1) is 10.2. The van der Waals surface area contributed by atoms with Crippen LogP contribution in [-0.4, -0.2) is 49.4 Å². The Labute approximate surface area is 122 Å². The fraction of sp³-hybridized carbons (Fsp3) is 0.583. The van der Waals surface area contributed by atoms with E-state index in [2.05, 4.69) is 27.3 Å². The molecule has 114 valence electrons. The number of ether oxygens (including phenoxy) is 1. The third kappa shape index (κ3) is 3.24. The Hall–Kier alpha value is -2.29. The molecule has 0 amide bonds. The zero-order valence-electron chi connectivity index (χ0n) is 12.2. The van der Waals surface area contributed by atoms with E-state index >= 15 is 0 Å². The highest BCUT2D eigenvalue weighted by atomic mass is 16.5. The smallest absolute Gasteiger partial charge is 0.360 e. The van der Waals surface area contributed by atoms with Crippen molar-refractivity contribution in [1.29, 1.82) is 0 Å². The summed E-state index contributed by atoms with van der Waals surface area (Å²) in [6.07, 6.45) is 2.95. The molecule has 0 unspecified atom stereocenters. The van der Waals surface area contributed by atoms with Crippen molar-refractivity contribution >= 4 is 5.97 Å². The van der Waals surface area contributed by atoms with Crippen LogP contribution in [0.15, 0.2) is 6.33 Å². The lowest BCUT2D eigenvalue weighted by Gasteiger charge is -2.07. The molecule has 0 bridgehead atoms. The number of carbonyl (C=O) groups is 1. The van der Waals surface area contributed by atoms with Crippen molar-refractivity contribution in [3.05, 3.63) is 23.5 Å². The topological polar surface area (TPSA) is 114 Å². The Morgan fingerprint density at radius 1 is 1.43 bits per heavy atom. The van der Waals surface area contributed by atoms with Crippen molar-refractivity contribution in [3.63, 3.8) is 0 Å². The maximum atomic E-state index is 11.7. The molecular weight excluding hydrogens is 274 g/mol. The first-order valence-corrected chi connectivity index (χ1v) is 6.78. The number of nitrogens with zero attached hydrogens (tertiary/aromatic N) is 6. The molecule has 0 aliphatic heterocycles. The Kier molecular flexibility index (Phi) is 4.99. The van der Waals surface area contributed by atoms with E-state index in [1.807, 2.05) is 4.68 Å². The van der Waals surface area contributed by atoms with E-state index in [1.54, 1.807) is 4.68 Å². The number of carbonyl (C=O) groups excluding carboxylic acids is 1. The van der Waals surface area contributed by atoms with Gasteiger partial charge in [0.2, 0.25) is 0 Å². The number of hydrogen-bond acceptors (Lipinski definition) is 7. The number of aromatic nitrogens is 6. The summed E-state index contributed by atoms with van der Waals surface area (Å²) in [7, 11) is 1.31. The molecule has 0 aliphatic rings. The van der Waals surface area contributed by atoms with E-state index < -0.39 is 5.97 Å². The Morgan fingerprint density at radius 2 is 2.24 bits per heavy atom. The second-order valence-corrected chi connectivity index (χ2v) is 4.47. The molecule has 9 heteroatoms. The Morgan fingerprint density at radius 3 is 2.90 bits per heavy atom. The summed E-state index contributed by atoms with van der Waals surface area (Å²) in [5.74, 6) is 0.246.